The molecule has 0 aliphatic carbocycles. The molecule has 1 atom stereocenters. The van der Waals surface area contributed by atoms with Crippen molar-refractivity contribution in [1.82, 2.24) is 10.2 Å². The first-order valence-electron chi connectivity index (χ1n) is 7.85. The van der Waals surface area contributed by atoms with E-state index < -0.39 is 5.97 Å². The zero-order valence-corrected chi connectivity index (χ0v) is 12.6. The number of carboxylic acids is 1. The van der Waals surface area contributed by atoms with Crippen molar-refractivity contribution in [3.05, 3.63) is 0 Å². The highest BCUT2D eigenvalue weighted by molar-refractivity contribution is 5.78. The monoisotopic (exact) mass is 284 g/mol. The molecule has 2 N–H and O–H groups in total. The van der Waals surface area contributed by atoms with E-state index in [1.165, 1.54) is 0 Å². The molecule has 1 amide bonds. The van der Waals surface area contributed by atoms with Crippen LogP contribution in [0, 0.1) is 5.92 Å². The SMILES string of the molecule is CCCCNC(=O)C1CCCN(CCCCC(=O)O)C1. The summed E-state index contributed by atoms with van der Waals surface area (Å²) in [6.07, 6.45) is 6.04. The van der Waals surface area contributed by atoms with Gasteiger partial charge in [0.1, 0.15) is 0 Å². The minimum absolute atomic E-state index is 0.111. The number of carbonyl (C=O) groups is 2. The fourth-order valence-electron chi connectivity index (χ4n) is 2.62. The first-order valence-corrected chi connectivity index (χ1v) is 7.85. The van der Waals surface area contributed by atoms with E-state index in [4.69, 9.17) is 5.11 Å². The van der Waals surface area contributed by atoms with Crippen LogP contribution < -0.4 is 5.32 Å². The molecule has 0 bridgehead atoms. The summed E-state index contributed by atoms with van der Waals surface area (Å²) in [6.45, 7) is 5.67. The van der Waals surface area contributed by atoms with Gasteiger partial charge < -0.3 is 15.3 Å². The number of hydrogen-bond donors (Lipinski definition) is 2. The molecule has 20 heavy (non-hydrogen) atoms. The smallest absolute Gasteiger partial charge is 0.303 e. The largest absolute Gasteiger partial charge is 0.481 e. The van der Waals surface area contributed by atoms with E-state index in [-0.39, 0.29) is 18.2 Å². The van der Waals surface area contributed by atoms with E-state index in [0.29, 0.717) is 0 Å². The van der Waals surface area contributed by atoms with Gasteiger partial charge in [-0.05, 0) is 45.2 Å². The average Bonchev–Trinajstić information content (AvgIpc) is 2.44. The molecule has 5 nitrogen and oxygen atoms in total. The Kier molecular flexibility index (Phi) is 8.26. The molecular weight excluding hydrogens is 256 g/mol. The van der Waals surface area contributed by atoms with Crippen molar-refractivity contribution in [2.45, 2.75) is 51.9 Å². The quantitative estimate of drug-likeness (QED) is 0.634. The number of nitrogens with zero attached hydrogens (tertiary/aromatic N) is 1. The highest BCUT2D eigenvalue weighted by Crippen LogP contribution is 2.17. The third-order valence-corrected chi connectivity index (χ3v) is 3.82. The summed E-state index contributed by atoms with van der Waals surface area (Å²) in [6, 6.07) is 0. The van der Waals surface area contributed by atoms with Gasteiger partial charge in [-0.25, -0.2) is 0 Å². The maximum absolute atomic E-state index is 12.0. The van der Waals surface area contributed by atoms with Crippen LogP contribution in [0.2, 0.25) is 0 Å². The Morgan fingerprint density at radius 3 is 2.80 bits per heavy atom. The molecule has 0 aromatic rings. The summed E-state index contributed by atoms with van der Waals surface area (Å²) in [7, 11) is 0. The number of unbranched alkanes of at least 4 members (excludes halogenated alkanes) is 2. The average molecular weight is 284 g/mol. The van der Waals surface area contributed by atoms with E-state index in [2.05, 4.69) is 17.1 Å². The lowest BCUT2D eigenvalue weighted by molar-refractivity contribution is -0.137. The molecule has 116 valence electrons. The highest BCUT2D eigenvalue weighted by atomic mass is 16.4. The Hall–Kier alpha value is -1.10. The summed E-state index contributed by atoms with van der Waals surface area (Å²) in [5.74, 6) is -0.425. The standard InChI is InChI=1S/C15H28N2O3/c1-2-3-9-16-15(20)13-7-6-11-17(12-13)10-5-4-8-14(18)19/h13H,2-12H2,1H3,(H,16,20)(H,18,19). The van der Waals surface area contributed by atoms with Gasteiger partial charge in [-0.3, -0.25) is 9.59 Å². The first kappa shape index (κ1) is 17.0. The minimum Gasteiger partial charge on any atom is -0.481 e. The summed E-state index contributed by atoms with van der Waals surface area (Å²) in [4.78, 5) is 24.8. The van der Waals surface area contributed by atoms with Crippen molar-refractivity contribution in [2.24, 2.45) is 5.92 Å². The van der Waals surface area contributed by atoms with E-state index in [9.17, 15) is 9.59 Å². The van der Waals surface area contributed by atoms with Gasteiger partial charge in [0, 0.05) is 19.5 Å². The fourth-order valence-corrected chi connectivity index (χ4v) is 2.62. The van der Waals surface area contributed by atoms with Gasteiger partial charge in [0.2, 0.25) is 5.91 Å². The predicted octanol–water partition coefficient (Wildman–Crippen LogP) is 1.87. The first-order chi connectivity index (χ1) is 9.63. The van der Waals surface area contributed by atoms with Crippen LogP contribution in [0.4, 0.5) is 0 Å². The summed E-state index contributed by atoms with van der Waals surface area (Å²) in [5, 5.41) is 11.6. The topological polar surface area (TPSA) is 69.6 Å². The molecule has 1 aliphatic rings. The van der Waals surface area contributed by atoms with Crippen LogP contribution in [0.25, 0.3) is 0 Å². The van der Waals surface area contributed by atoms with E-state index in [1.54, 1.807) is 0 Å². The van der Waals surface area contributed by atoms with Crippen LogP contribution in [-0.4, -0.2) is 48.1 Å². The second-order valence-electron chi connectivity index (χ2n) is 5.64. The Morgan fingerprint density at radius 2 is 2.10 bits per heavy atom. The number of hydrogen-bond acceptors (Lipinski definition) is 3. The van der Waals surface area contributed by atoms with Gasteiger partial charge >= 0.3 is 5.97 Å². The number of amides is 1. The molecule has 1 aliphatic heterocycles. The number of likely N-dealkylation sites (tertiary alicyclic amines) is 1. The number of nitrogens with one attached hydrogen (secondary N) is 1. The van der Waals surface area contributed by atoms with E-state index in [1.807, 2.05) is 0 Å². The van der Waals surface area contributed by atoms with Crippen molar-refractivity contribution in [1.29, 1.82) is 0 Å². The van der Waals surface area contributed by atoms with Crippen LogP contribution in [0.5, 0.6) is 0 Å². The number of aliphatic carboxylic acids is 1. The maximum Gasteiger partial charge on any atom is 0.303 e. The van der Waals surface area contributed by atoms with Crippen molar-refractivity contribution in [3.8, 4) is 0 Å². The van der Waals surface area contributed by atoms with Crippen molar-refractivity contribution < 1.29 is 14.7 Å². The Labute approximate surface area is 121 Å². The molecule has 1 fully saturated rings. The molecule has 0 spiro atoms. The van der Waals surface area contributed by atoms with Crippen molar-refractivity contribution in [3.63, 3.8) is 0 Å². The molecule has 0 radical (unpaired) electrons. The Balaban J connectivity index is 2.20. The normalized spacial score (nSPS) is 19.8. The third-order valence-electron chi connectivity index (χ3n) is 3.82. The summed E-state index contributed by atoms with van der Waals surface area (Å²) < 4.78 is 0. The molecule has 1 rings (SSSR count). The second-order valence-corrected chi connectivity index (χ2v) is 5.64. The van der Waals surface area contributed by atoms with Crippen LogP contribution in [0.3, 0.4) is 0 Å². The van der Waals surface area contributed by atoms with Crippen LogP contribution in [-0.2, 0) is 9.59 Å². The zero-order valence-electron chi connectivity index (χ0n) is 12.6. The predicted molar refractivity (Wildman–Crippen MR) is 78.6 cm³/mol. The molecule has 5 heteroatoms. The third kappa shape index (κ3) is 6.89. The minimum atomic E-state index is -0.725. The Morgan fingerprint density at radius 1 is 1.30 bits per heavy atom. The lowest BCUT2D eigenvalue weighted by Gasteiger charge is -2.32. The van der Waals surface area contributed by atoms with Crippen LogP contribution in [0.1, 0.15) is 51.9 Å². The van der Waals surface area contributed by atoms with Crippen molar-refractivity contribution in [2.75, 3.05) is 26.2 Å². The van der Waals surface area contributed by atoms with Crippen LogP contribution >= 0.6 is 0 Å². The number of carbonyl (C=O) groups excluding carboxylic acids is 1. The molecule has 1 saturated heterocycles. The zero-order chi connectivity index (χ0) is 14.8. The number of carboxylic acid groups (broad SMARTS) is 1. The van der Waals surface area contributed by atoms with Gasteiger partial charge in [0.05, 0.1) is 5.92 Å². The molecule has 0 aromatic heterocycles. The highest BCUT2D eigenvalue weighted by Gasteiger charge is 2.24. The van der Waals surface area contributed by atoms with Crippen molar-refractivity contribution >= 4 is 11.9 Å². The van der Waals surface area contributed by atoms with Gasteiger partial charge in [0.15, 0.2) is 0 Å². The molecule has 1 unspecified atom stereocenters. The lowest BCUT2D eigenvalue weighted by Crippen LogP contribution is -2.43. The molecule has 0 aromatic carbocycles. The number of piperidine rings is 1. The van der Waals surface area contributed by atoms with Crippen LogP contribution in [0.15, 0.2) is 0 Å². The van der Waals surface area contributed by atoms with Gasteiger partial charge in [0.25, 0.3) is 0 Å². The lowest BCUT2D eigenvalue weighted by atomic mass is 9.97. The van der Waals surface area contributed by atoms with E-state index in [0.717, 1.165) is 64.7 Å². The summed E-state index contributed by atoms with van der Waals surface area (Å²) in [5.41, 5.74) is 0. The van der Waals surface area contributed by atoms with Gasteiger partial charge in [-0.1, -0.05) is 13.3 Å². The summed E-state index contributed by atoms with van der Waals surface area (Å²) >= 11 is 0. The fraction of sp³-hybridized carbons (Fsp3) is 0.867. The molecule has 1 heterocycles. The Bertz CT molecular complexity index is 307. The van der Waals surface area contributed by atoms with Gasteiger partial charge in [-0.15, -0.1) is 0 Å². The molecular formula is C15H28N2O3. The second kappa shape index (κ2) is 9.75. The maximum atomic E-state index is 12.0. The molecule has 0 saturated carbocycles. The number of rotatable bonds is 9. The van der Waals surface area contributed by atoms with Gasteiger partial charge in [-0.2, -0.15) is 0 Å². The van der Waals surface area contributed by atoms with E-state index >= 15 is 0 Å².